The number of ether oxygens (including phenoxy) is 2. The highest BCUT2D eigenvalue weighted by atomic mass is 16.7. The molecule has 0 aliphatic carbocycles. The van der Waals surface area contributed by atoms with Crippen LogP contribution in [0.25, 0.3) is 0 Å². The number of unbranched alkanes of at least 4 members (excludes halogenated alkanes) is 19. The van der Waals surface area contributed by atoms with Crippen molar-refractivity contribution in [1.29, 1.82) is 0 Å². The molecule has 0 radical (unpaired) electrons. The predicted molar refractivity (Wildman–Crippen MR) is 201 cm³/mol. The summed E-state index contributed by atoms with van der Waals surface area (Å²) in [6.07, 6.45) is 18.4. The lowest BCUT2D eigenvalue weighted by Crippen LogP contribution is -2.60. The number of hydrogen-bond donors (Lipinski definition) is 8. The van der Waals surface area contributed by atoms with Crippen LogP contribution >= 0.6 is 0 Å². The van der Waals surface area contributed by atoms with Crippen LogP contribution in [0.3, 0.4) is 0 Å². The van der Waals surface area contributed by atoms with Crippen molar-refractivity contribution in [2.45, 2.75) is 223 Å². The average Bonchev–Trinajstić information content (AvgIpc) is 3.13. The summed E-state index contributed by atoms with van der Waals surface area (Å²) in [6, 6.07) is -1.18. The van der Waals surface area contributed by atoms with Gasteiger partial charge < -0.3 is 50.5 Å². The Kier molecular flexibility index (Phi) is 29.3. The van der Waals surface area contributed by atoms with Crippen molar-refractivity contribution in [2.24, 2.45) is 0 Å². The first kappa shape index (κ1) is 47.9. The van der Waals surface area contributed by atoms with Gasteiger partial charge in [-0.2, -0.15) is 0 Å². The standard InChI is InChI=1S/C40H77NO10/c1-3-5-7-9-11-13-15-17-19-21-23-25-27-32(43)35(45)31(30-50-40-38(48)37(47)36(46)34(29-42)51-40)41-39(49)33(44)28-26-24-22-20-18-16-14-12-10-8-6-4-2/h19,21,31-38,40,42-48H,3-18,20,22-30H2,1-2H3,(H,41,49)/t31-,32+,33+,34+,35-,36+,37-,38+,40+/m0/s1. The number of carbonyl (C=O) groups is 1. The van der Waals surface area contributed by atoms with E-state index in [0.29, 0.717) is 12.8 Å². The van der Waals surface area contributed by atoms with E-state index in [0.717, 1.165) is 38.5 Å². The van der Waals surface area contributed by atoms with Crippen LogP contribution in [0.4, 0.5) is 0 Å². The van der Waals surface area contributed by atoms with Crippen LogP contribution in [-0.2, 0) is 14.3 Å². The summed E-state index contributed by atoms with van der Waals surface area (Å²) in [6.45, 7) is 3.38. The van der Waals surface area contributed by atoms with Gasteiger partial charge >= 0.3 is 0 Å². The maximum atomic E-state index is 13.0. The summed E-state index contributed by atoms with van der Waals surface area (Å²) < 4.78 is 11.0. The van der Waals surface area contributed by atoms with Gasteiger partial charge in [0.2, 0.25) is 5.91 Å². The maximum absolute atomic E-state index is 13.0. The highest BCUT2D eigenvalue weighted by Crippen LogP contribution is 2.23. The number of nitrogens with one attached hydrogen (secondary N) is 1. The number of rotatable bonds is 33. The van der Waals surface area contributed by atoms with E-state index in [1.165, 1.54) is 89.9 Å². The van der Waals surface area contributed by atoms with Crippen molar-refractivity contribution in [1.82, 2.24) is 5.32 Å². The Morgan fingerprint density at radius 3 is 1.69 bits per heavy atom. The van der Waals surface area contributed by atoms with Gasteiger partial charge in [0.15, 0.2) is 6.29 Å². The smallest absolute Gasteiger partial charge is 0.249 e. The molecule has 1 aliphatic rings. The number of amides is 1. The average molecular weight is 732 g/mol. The number of hydrogen-bond acceptors (Lipinski definition) is 10. The lowest BCUT2D eigenvalue weighted by molar-refractivity contribution is -0.303. The fraction of sp³-hybridized carbons (Fsp3) is 0.925. The second-order valence-electron chi connectivity index (χ2n) is 14.7. The molecule has 1 saturated heterocycles. The van der Waals surface area contributed by atoms with E-state index in [2.05, 4.69) is 31.3 Å². The van der Waals surface area contributed by atoms with E-state index in [1.807, 2.05) is 0 Å². The topological polar surface area (TPSA) is 189 Å². The van der Waals surface area contributed by atoms with Crippen molar-refractivity contribution < 1.29 is 50.0 Å². The van der Waals surface area contributed by atoms with Crippen LogP contribution < -0.4 is 5.32 Å². The van der Waals surface area contributed by atoms with Gasteiger partial charge in [0.1, 0.15) is 36.6 Å². The van der Waals surface area contributed by atoms with Gasteiger partial charge in [-0.25, -0.2) is 0 Å². The van der Waals surface area contributed by atoms with Crippen molar-refractivity contribution in [3.8, 4) is 0 Å². The molecule has 1 amide bonds. The third kappa shape index (κ3) is 22.0. The number of carbonyl (C=O) groups excluding carboxylic acids is 1. The fourth-order valence-electron chi connectivity index (χ4n) is 6.56. The highest BCUT2D eigenvalue weighted by Gasteiger charge is 2.44. The minimum Gasteiger partial charge on any atom is -0.394 e. The molecule has 0 aromatic rings. The zero-order valence-electron chi connectivity index (χ0n) is 32.1. The zero-order chi connectivity index (χ0) is 37.7. The van der Waals surface area contributed by atoms with Crippen molar-refractivity contribution in [3.63, 3.8) is 0 Å². The molecular formula is C40H77NO10. The van der Waals surface area contributed by atoms with Crippen LogP contribution in [-0.4, -0.2) is 110 Å². The minimum absolute atomic E-state index is 0.257. The van der Waals surface area contributed by atoms with Crippen molar-refractivity contribution in [2.75, 3.05) is 13.2 Å². The molecule has 0 unspecified atom stereocenters. The van der Waals surface area contributed by atoms with Crippen LogP contribution in [0.2, 0.25) is 0 Å². The van der Waals surface area contributed by atoms with Gasteiger partial charge in [0.05, 0.1) is 25.4 Å². The van der Waals surface area contributed by atoms with E-state index in [1.54, 1.807) is 0 Å². The zero-order valence-corrected chi connectivity index (χ0v) is 32.1. The summed E-state index contributed by atoms with van der Waals surface area (Å²) in [7, 11) is 0. The summed E-state index contributed by atoms with van der Waals surface area (Å²) >= 11 is 0. The summed E-state index contributed by atoms with van der Waals surface area (Å²) in [5.41, 5.74) is 0. The fourth-order valence-corrected chi connectivity index (χ4v) is 6.56. The largest absolute Gasteiger partial charge is 0.394 e. The number of aliphatic hydroxyl groups excluding tert-OH is 7. The number of aliphatic hydroxyl groups is 7. The van der Waals surface area contributed by atoms with Crippen LogP contribution in [0.15, 0.2) is 12.2 Å². The quantitative estimate of drug-likeness (QED) is 0.0324. The first-order valence-electron chi connectivity index (χ1n) is 20.6. The molecule has 51 heavy (non-hydrogen) atoms. The molecule has 1 fully saturated rings. The third-order valence-electron chi connectivity index (χ3n) is 10.1. The van der Waals surface area contributed by atoms with Gasteiger partial charge in [-0.1, -0.05) is 142 Å². The molecule has 0 saturated carbocycles. The molecule has 0 spiro atoms. The molecule has 302 valence electrons. The highest BCUT2D eigenvalue weighted by molar-refractivity contribution is 5.80. The Hall–Kier alpha value is -1.15. The molecule has 11 heteroatoms. The molecule has 8 N–H and O–H groups in total. The minimum atomic E-state index is -1.66. The first-order chi connectivity index (χ1) is 24.7. The normalized spacial score (nSPS) is 23.4. The number of allylic oxidation sites excluding steroid dienone is 2. The molecule has 1 rings (SSSR count). The Labute approximate surface area is 309 Å². The van der Waals surface area contributed by atoms with Crippen molar-refractivity contribution >= 4 is 5.91 Å². The van der Waals surface area contributed by atoms with E-state index in [9.17, 15) is 40.5 Å². The summed E-state index contributed by atoms with van der Waals surface area (Å²) in [4.78, 5) is 13.0. The lowest BCUT2D eigenvalue weighted by atomic mass is 9.98. The van der Waals surface area contributed by atoms with Gasteiger partial charge in [-0.05, 0) is 38.5 Å². The Bertz CT molecular complexity index is 846. The molecule has 1 heterocycles. The summed E-state index contributed by atoms with van der Waals surface area (Å²) in [5, 5.41) is 75.2. The summed E-state index contributed by atoms with van der Waals surface area (Å²) in [5.74, 6) is -0.708. The maximum Gasteiger partial charge on any atom is 0.249 e. The monoisotopic (exact) mass is 732 g/mol. The molecule has 0 aromatic carbocycles. The second-order valence-corrected chi connectivity index (χ2v) is 14.7. The van der Waals surface area contributed by atoms with E-state index in [-0.39, 0.29) is 12.8 Å². The van der Waals surface area contributed by atoms with Gasteiger partial charge in [0.25, 0.3) is 0 Å². The second kappa shape index (κ2) is 31.2. The first-order valence-corrected chi connectivity index (χ1v) is 20.6. The van der Waals surface area contributed by atoms with Gasteiger partial charge in [0, 0.05) is 0 Å². The Morgan fingerprint density at radius 2 is 1.16 bits per heavy atom. The molecular weight excluding hydrogens is 654 g/mol. The third-order valence-corrected chi connectivity index (χ3v) is 10.1. The van der Waals surface area contributed by atoms with E-state index < -0.39 is 74.2 Å². The van der Waals surface area contributed by atoms with E-state index >= 15 is 0 Å². The molecule has 0 aromatic heterocycles. The Morgan fingerprint density at radius 1 is 0.667 bits per heavy atom. The van der Waals surface area contributed by atoms with Crippen molar-refractivity contribution in [3.05, 3.63) is 12.2 Å². The van der Waals surface area contributed by atoms with Crippen LogP contribution in [0.1, 0.15) is 168 Å². The SMILES string of the molecule is CCCCCCCCCC=CCCC[C@@H](O)[C@@H](O)[C@H](CO[C@@H]1O[C@H](CO)[C@@H](O)[C@H](O)[C@H]1O)NC(=O)[C@H](O)CCCCCCCCCCCCCC. The van der Waals surface area contributed by atoms with Crippen LogP contribution in [0.5, 0.6) is 0 Å². The molecule has 0 bridgehead atoms. The molecule has 1 aliphatic heterocycles. The lowest BCUT2D eigenvalue weighted by Gasteiger charge is -2.40. The molecule has 9 atom stereocenters. The van der Waals surface area contributed by atoms with E-state index in [4.69, 9.17) is 9.47 Å². The Balaban J connectivity index is 2.56. The van der Waals surface area contributed by atoms with Gasteiger partial charge in [-0.15, -0.1) is 0 Å². The van der Waals surface area contributed by atoms with Crippen LogP contribution in [0, 0.1) is 0 Å². The predicted octanol–water partition coefficient (Wildman–Crippen LogP) is 5.33. The molecule has 11 nitrogen and oxygen atoms in total. The van der Waals surface area contributed by atoms with Gasteiger partial charge in [-0.3, -0.25) is 4.79 Å².